The average Bonchev–Trinajstić information content (AvgIpc) is 2.51. The number of para-hydroxylation sites is 1. The summed E-state index contributed by atoms with van der Waals surface area (Å²) in [5.41, 5.74) is 0.608. The Labute approximate surface area is 126 Å². The fourth-order valence-corrected chi connectivity index (χ4v) is 2.02. The van der Waals surface area contributed by atoms with Gasteiger partial charge in [-0.2, -0.15) is 0 Å². The molecule has 0 spiro atoms. The number of ether oxygens (including phenoxy) is 2. The van der Waals surface area contributed by atoms with Gasteiger partial charge in [-0.1, -0.05) is 26.0 Å². The van der Waals surface area contributed by atoms with Gasteiger partial charge < -0.3 is 19.9 Å². The van der Waals surface area contributed by atoms with Crippen LogP contribution >= 0.6 is 0 Å². The molecule has 0 aliphatic rings. The first-order chi connectivity index (χ1) is 10.2. The maximum atomic E-state index is 11.9. The van der Waals surface area contributed by atoms with Gasteiger partial charge in [0.05, 0.1) is 13.2 Å². The number of amides is 1. The molecule has 0 aliphatic carbocycles. The molecule has 0 aliphatic heterocycles. The van der Waals surface area contributed by atoms with Gasteiger partial charge in [-0.05, 0) is 25.8 Å². The lowest BCUT2D eigenvalue weighted by atomic mass is 10.2. The maximum absolute atomic E-state index is 11.9. The monoisotopic (exact) mass is 295 g/mol. The number of rotatable bonds is 9. The number of aliphatic hydroxyl groups excluding tert-OH is 1. The molecule has 0 fully saturated rings. The summed E-state index contributed by atoms with van der Waals surface area (Å²) in [6.45, 7) is 6.17. The normalized spacial score (nSPS) is 10.5. The lowest BCUT2D eigenvalue weighted by Crippen LogP contribution is -2.37. The molecule has 21 heavy (non-hydrogen) atoms. The van der Waals surface area contributed by atoms with E-state index in [9.17, 15) is 9.90 Å². The van der Waals surface area contributed by atoms with Gasteiger partial charge in [0.1, 0.15) is 0 Å². The zero-order chi connectivity index (χ0) is 15.7. The largest absolute Gasteiger partial charge is 0.490 e. The summed E-state index contributed by atoms with van der Waals surface area (Å²) in [6.07, 6.45) is 1.78. The van der Waals surface area contributed by atoms with E-state index in [1.165, 1.54) is 0 Å². The van der Waals surface area contributed by atoms with Crippen molar-refractivity contribution in [2.75, 3.05) is 13.2 Å². The van der Waals surface area contributed by atoms with Gasteiger partial charge in [0.25, 0.3) is 5.91 Å². The third-order valence-corrected chi connectivity index (χ3v) is 3.23. The van der Waals surface area contributed by atoms with Crippen LogP contribution in [-0.4, -0.2) is 30.3 Å². The van der Waals surface area contributed by atoms with Gasteiger partial charge in [-0.25, -0.2) is 0 Å². The smallest absolute Gasteiger partial charge is 0.258 e. The Bertz CT molecular complexity index is 444. The van der Waals surface area contributed by atoms with Crippen LogP contribution in [0.15, 0.2) is 18.2 Å². The average molecular weight is 295 g/mol. The van der Waals surface area contributed by atoms with Crippen molar-refractivity contribution in [1.82, 2.24) is 5.32 Å². The van der Waals surface area contributed by atoms with E-state index in [2.05, 4.69) is 5.32 Å². The minimum Gasteiger partial charge on any atom is -0.490 e. The Morgan fingerprint density at radius 3 is 2.52 bits per heavy atom. The van der Waals surface area contributed by atoms with Crippen LogP contribution in [0.1, 0.15) is 39.2 Å². The van der Waals surface area contributed by atoms with E-state index in [1.807, 2.05) is 20.8 Å². The highest BCUT2D eigenvalue weighted by molar-refractivity contribution is 5.78. The molecule has 5 nitrogen and oxygen atoms in total. The standard InChI is InChI=1S/C16H25NO4/c1-4-13(5-2)17-15(19)11-21-16-12(10-18)8-7-9-14(16)20-6-3/h7-9,13,18H,4-6,10-11H2,1-3H3,(H,17,19). The molecule has 118 valence electrons. The Hall–Kier alpha value is -1.75. The summed E-state index contributed by atoms with van der Waals surface area (Å²) in [4.78, 5) is 11.9. The molecule has 0 atom stereocenters. The molecule has 0 bridgehead atoms. The molecule has 0 unspecified atom stereocenters. The first-order valence-corrected chi connectivity index (χ1v) is 7.43. The molecule has 0 radical (unpaired) electrons. The second-order valence-corrected chi connectivity index (χ2v) is 4.71. The first-order valence-electron chi connectivity index (χ1n) is 7.43. The number of carbonyl (C=O) groups excluding carboxylic acids is 1. The molecule has 0 saturated heterocycles. The van der Waals surface area contributed by atoms with Crippen molar-refractivity contribution in [3.63, 3.8) is 0 Å². The number of hydrogen-bond acceptors (Lipinski definition) is 4. The van der Waals surface area contributed by atoms with E-state index < -0.39 is 0 Å². The summed E-state index contributed by atoms with van der Waals surface area (Å²) < 4.78 is 11.0. The predicted molar refractivity (Wildman–Crippen MR) is 81.5 cm³/mol. The van der Waals surface area contributed by atoms with Crippen LogP contribution < -0.4 is 14.8 Å². The summed E-state index contributed by atoms with van der Waals surface area (Å²) in [6, 6.07) is 5.46. The molecule has 2 N–H and O–H groups in total. The quantitative estimate of drug-likeness (QED) is 0.733. The SMILES string of the molecule is CCOc1cccc(CO)c1OCC(=O)NC(CC)CC. The molecular formula is C16H25NO4. The van der Waals surface area contributed by atoms with E-state index in [0.29, 0.717) is 23.7 Å². The molecule has 0 saturated carbocycles. The van der Waals surface area contributed by atoms with E-state index in [1.54, 1.807) is 18.2 Å². The zero-order valence-corrected chi connectivity index (χ0v) is 13.0. The van der Waals surface area contributed by atoms with Crippen molar-refractivity contribution >= 4 is 5.91 Å². The Balaban J connectivity index is 2.71. The second-order valence-electron chi connectivity index (χ2n) is 4.71. The molecular weight excluding hydrogens is 270 g/mol. The van der Waals surface area contributed by atoms with Crippen LogP contribution in [0, 0.1) is 0 Å². The Morgan fingerprint density at radius 1 is 1.24 bits per heavy atom. The molecule has 0 aromatic heterocycles. The maximum Gasteiger partial charge on any atom is 0.258 e. The van der Waals surface area contributed by atoms with E-state index >= 15 is 0 Å². The third kappa shape index (κ3) is 5.27. The van der Waals surface area contributed by atoms with Crippen LogP contribution in [-0.2, 0) is 11.4 Å². The lowest BCUT2D eigenvalue weighted by Gasteiger charge is -2.17. The van der Waals surface area contributed by atoms with Crippen molar-refractivity contribution in [2.45, 2.75) is 46.3 Å². The van der Waals surface area contributed by atoms with Crippen molar-refractivity contribution < 1.29 is 19.4 Å². The van der Waals surface area contributed by atoms with E-state index in [0.717, 1.165) is 12.8 Å². The molecule has 1 amide bonds. The first kappa shape index (κ1) is 17.3. The van der Waals surface area contributed by atoms with Crippen molar-refractivity contribution in [3.05, 3.63) is 23.8 Å². The fourth-order valence-electron chi connectivity index (χ4n) is 2.02. The predicted octanol–water partition coefficient (Wildman–Crippen LogP) is 2.26. The van der Waals surface area contributed by atoms with Crippen LogP contribution in [0.3, 0.4) is 0 Å². The molecule has 1 rings (SSSR count). The highest BCUT2D eigenvalue weighted by atomic mass is 16.5. The highest BCUT2D eigenvalue weighted by Crippen LogP contribution is 2.31. The topological polar surface area (TPSA) is 67.8 Å². The van der Waals surface area contributed by atoms with Gasteiger partial charge in [0, 0.05) is 11.6 Å². The number of carbonyl (C=O) groups is 1. The summed E-state index contributed by atoms with van der Waals surface area (Å²) >= 11 is 0. The summed E-state index contributed by atoms with van der Waals surface area (Å²) in [5, 5.41) is 12.3. The summed E-state index contributed by atoms with van der Waals surface area (Å²) in [5.74, 6) is 0.805. The number of nitrogens with one attached hydrogen (secondary N) is 1. The molecule has 1 aromatic carbocycles. The van der Waals surface area contributed by atoms with Gasteiger partial charge in [0.15, 0.2) is 18.1 Å². The summed E-state index contributed by atoms with van der Waals surface area (Å²) in [7, 11) is 0. The Kier molecular flexibility index (Phi) is 7.61. The lowest BCUT2D eigenvalue weighted by molar-refractivity contribution is -0.123. The van der Waals surface area contributed by atoms with Crippen LogP contribution in [0.4, 0.5) is 0 Å². The third-order valence-electron chi connectivity index (χ3n) is 3.23. The van der Waals surface area contributed by atoms with Crippen LogP contribution in [0.25, 0.3) is 0 Å². The zero-order valence-electron chi connectivity index (χ0n) is 13.0. The van der Waals surface area contributed by atoms with Crippen molar-refractivity contribution in [2.24, 2.45) is 0 Å². The Morgan fingerprint density at radius 2 is 1.95 bits per heavy atom. The fraction of sp³-hybridized carbons (Fsp3) is 0.562. The van der Waals surface area contributed by atoms with Crippen molar-refractivity contribution in [1.29, 1.82) is 0 Å². The minimum atomic E-state index is -0.168. The van der Waals surface area contributed by atoms with Gasteiger partial charge in [0.2, 0.25) is 0 Å². The van der Waals surface area contributed by atoms with Crippen LogP contribution in [0.5, 0.6) is 11.5 Å². The molecule has 1 aromatic rings. The highest BCUT2D eigenvalue weighted by Gasteiger charge is 2.14. The minimum absolute atomic E-state index is 0.0897. The number of hydrogen-bond donors (Lipinski definition) is 2. The van der Waals surface area contributed by atoms with Crippen molar-refractivity contribution in [3.8, 4) is 11.5 Å². The molecule has 5 heteroatoms. The van der Waals surface area contributed by atoms with Gasteiger partial charge in [-0.3, -0.25) is 4.79 Å². The number of benzene rings is 1. The number of aliphatic hydroxyl groups is 1. The van der Waals surface area contributed by atoms with Crippen LogP contribution in [0.2, 0.25) is 0 Å². The van der Waals surface area contributed by atoms with Gasteiger partial charge >= 0.3 is 0 Å². The second kappa shape index (κ2) is 9.23. The van der Waals surface area contributed by atoms with E-state index in [4.69, 9.17) is 9.47 Å². The van der Waals surface area contributed by atoms with Gasteiger partial charge in [-0.15, -0.1) is 0 Å². The van der Waals surface area contributed by atoms with E-state index in [-0.39, 0.29) is 25.2 Å². The molecule has 0 heterocycles.